The van der Waals surface area contributed by atoms with Crippen molar-refractivity contribution in [1.29, 1.82) is 0 Å². The van der Waals surface area contributed by atoms with Crippen LogP contribution in [0.15, 0.2) is 102 Å². The molecule has 4 rings (SSSR count). The minimum absolute atomic E-state index is 0.0212. The average molecular weight is 536 g/mol. The number of carbonyl (C=O) groups is 2. The molecule has 0 saturated carbocycles. The van der Waals surface area contributed by atoms with Crippen molar-refractivity contribution in [1.82, 2.24) is 15.3 Å². The van der Waals surface area contributed by atoms with E-state index in [-0.39, 0.29) is 23.2 Å². The van der Waals surface area contributed by atoms with E-state index in [0.29, 0.717) is 16.3 Å². The van der Waals surface area contributed by atoms with Gasteiger partial charge in [-0.15, -0.1) is 0 Å². The third-order valence-electron chi connectivity index (χ3n) is 5.26. The van der Waals surface area contributed by atoms with Gasteiger partial charge in [-0.05, 0) is 48.0 Å². The standard InChI is InChI=1S/C26H22ClN5O4S/c27-22-10-5-4-9-21(22)25(34)31-23(18-7-2-1-3-8-18)17-24(33)30-19-11-13-20(14-12-19)37(35,36)32-26-28-15-6-16-29-26/h1-16,23H,17H2,(H,30,33)(H,31,34)(H,28,29,32)/t23-/m0/s1. The fourth-order valence-electron chi connectivity index (χ4n) is 3.46. The minimum atomic E-state index is -3.90. The average Bonchev–Trinajstić information content (AvgIpc) is 2.89. The van der Waals surface area contributed by atoms with Crippen LogP contribution in [0, 0.1) is 0 Å². The molecule has 1 heterocycles. The summed E-state index contributed by atoms with van der Waals surface area (Å²) in [5, 5.41) is 5.92. The van der Waals surface area contributed by atoms with Crippen LogP contribution in [0.2, 0.25) is 5.02 Å². The number of rotatable bonds is 9. The molecule has 0 aliphatic carbocycles. The Kier molecular flexibility index (Phi) is 8.11. The predicted molar refractivity (Wildman–Crippen MR) is 141 cm³/mol. The van der Waals surface area contributed by atoms with Crippen molar-refractivity contribution in [3.8, 4) is 0 Å². The second-order valence-electron chi connectivity index (χ2n) is 7.87. The van der Waals surface area contributed by atoms with Crippen LogP contribution in [0.5, 0.6) is 0 Å². The topological polar surface area (TPSA) is 130 Å². The Hall–Kier alpha value is -4.28. The van der Waals surface area contributed by atoms with E-state index < -0.39 is 22.0 Å². The van der Waals surface area contributed by atoms with Crippen LogP contribution in [-0.2, 0) is 14.8 Å². The summed E-state index contributed by atoms with van der Waals surface area (Å²) in [6, 6.07) is 22.3. The van der Waals surface area contributed by atoms with E-state index in [9.17, 15) is 18.0 Å². The molecule has 1 atom stereocenters. The van der Waals surface area contributed by atoms with Crippen LogP contribution in [0.1, 0.15) is 28.4 Å². The zero-order valence-electron chi connectivity index (χ0n) is 19.3. The van der Waals surface area contributed by atoms with Gasteiger partial charge in [0.1, 0.15) is 0 Å². The zero-order chi connectivity index (χ0) is 26.3. The van der Waals surface area contributed by atoms with Crippen LogP contribution in [0.25, 0.3) is 0 Å². The van der Waals surface area contributed by atoms with Crippen molar-refractivity contribution in [2.75, 3.05) is 10.0 Å². The highest BCUT2D eigenvalue weighted by atomic mass is 35.5. The third-order valence-corrected chi connectivity index (χ3v) is 6.93. The zero-order valence-corrected chi connectivity index (χ0v) is 20.9. The van der Waals surface area contributed by atoms with Gasteiger partial charge in [-0.25, -0.2) is 23.1 Å². The Balaban J connectivity index is 1.44. The van der Waals surface area contributed by atoms with E-state index in [2.05, 4.69) is 25.3 Å². The van der Waals surface area contributed by atoms with E-state index >= 15 is 0 Å². The largest absolute Gasteiger partial charge is 0.345 e. The first kappa shape index (κ1) is 25.8. The quantitative estimate of drug-likeness (QED) is 0.290. The number of nitrogens with one attached hydrogen (secondary N) is 3. The normalized spacial score (nSPS) is 11.8. The van der Waals surface area contributed by atoms with Gasteiger partial charge in [0.15, 0.2) is 0 Å². The summed E-state index contributed by atoms with van der Waals surface area (Å²) in [6.07, 6.45) is 2.78. The molecule has 2 amide bonds. The van der Waals surface area contributed by atoms with E-state index in [1.54, 1.807) is 30.3 Å². The Morgan fingerprint density at radius 1 is 0.838 bits per heavy atom. The van der Waals surface area contributed by atoms with Gasteiger partial charge in [-0.3, -0.25) is 9.59 Å². The number of anilines is 2. The van der Waals surface area contributed by atoms with Crippen molar-refractivity contribution < 1.29 is 18.0 Å². The van der Waals surface area contributed by atoms with Crippen molar-refractivity contribution in [3.63, 3.8) is 0 Å². The molecule has 0 aliphatic heterocycles. The highest BCUT2D eigenvalue weighted by molar-refractivity contribution is 7.92. The van der Waals surface area contributed by atoms with Crippen molar-refractivity contribution in [3.05, 3.63) is 113 Å². The number of amides is 2. The maximum absolute atomic E-state index is 12.9. The van der Waals surface area contributed by atoms with Gasteiger partial charge in [0.2, 0.25) is 11.9 Å². The maximum atomic E-state index is 12.9. The molecule has 0 saturated heterocycles. The molecule has 9 nitrogen and oxygen atoms in total. The first-order chi connectivity index (χ1) is 17.8. The monoisotopic (exact) mass is 535 g/mol. The van der Waals surface area contributed by atoms with Crippen LogP contribution in [0.4, 0.5) is 11.6 Å². The smallest absolute Gasteiger partial charge is 0.264 e. The molecular formula is C26H22ClN5O4S. The number of sulfonamides is 1. The number of halogens is 1. The summed E-state index contributed by atoms with van der Waals surface area (Å²) in [6.45, 7) is 0. The van der Waals surface area contributed by atoms with Gasteiger partial charge >= 0.3 is 0 Å². The van der Waals surface area contributed by atoms with Crippen molar-refractivity contribution in [2.45, 2.75) is 17.4 Å². The minimum Gasteiger partial charge on any atom is -0.345 e. The first-order valence-corrected chi connectivity index (χ1v) is 13.0. The molecule has 0 aliphatic rings. The van der Waals surface area contributed by atoms with Gasteiger partial charge in [-0.2, -0.15) is 0 Å². The first-order valence-electron chi connectivity index (χ1n) is 11.1. The highest BCUT2D eigenvalue weighted by Crippen LogP contribution is 2.22. The lowest BCUT2D eigenvalue weighted by atomic mass is 10.0. The summed E-state index contributed by atoms with van der Waals surface area (Å²) < 4.78 is 27.4. The predicted octanol–water partition coefficient (Wildman–Crippen LogP) is 4.43. The highest BCUT2D eigenvalue weighted by Gasteiger charge is 2.21. The van der Waals surface area contributed by atoms with Gasteiger partial charge in [0.05, 0.1) is 27.9 Å². The summed E-state index contributed by atoms with van der Waals surface area (Å²) in [5.41, 5.74) is 1.44. The van der Waals surface area contributed by atoms with Crippen LogP contribution in [-0.4, -0.2) is 30.2 Å². The molecule has 11 heteroatoms. The van der Waals surface area contributed by atoms with E-state index in [4.69, 9.17) is 11.6 Å². The molecule has 0 unspecified atom stereocenters. The Morgan fingerprint density at radius 2 is 1.49 bits per heavy atom. The van der Waals surface area contributed by atoms with Gasteiger partial charge < -0.3 is 10.6 Å². The van der Waals surface area contributed by atoms with Gasteiger partial charge in [0.25, 0.3) is 15.9 Å². The van der Waals surface area contributed by atoms with E-state index in [0.717, 1.165) is 5.56 Å². The number of nitrogens with zero attached hydrogens (tertiary/aromatic N) is 2. The van der Waals surface area contributed by atoms with Crippen LogP contribution >= 0.6 is 11.6 Å². The van der Waals surface area contributed by atoms with Crippen LogP contribution in [0.3, 0.4) is 0 Å². The Labute approximate surface area is 219 Å². The summed E-state index contributed by atoms with van der Waals surface area (Å²) >= 11 is 6.16. The molecule has 0 bridgehead atoms. The molecule has 0 fully saturated rings. The number of benzene rings is 3. The Bertz CT molecular complexity index is 1480. The molecule has 0 radical (unpaired) electrons. The summed E-state index contributed by atoms with van der Waals surface area (Å²) in [4.78, 5) is 33.4. The number of hydrogen-bond acceptors (Lipinski definition) is 6. The van der Waals surface area contributed by atoms with E-state index in [1.807, 2.05) is 30.3 Å². The SMILES string of the molecule is O=C(C[C@H](NC(=O)c1ccccc1Cl)c1ccccc1)Nc1ccc(S(=O)(=O)Nc2ncccn2)cc1. The molecule has 3 N–H and O–H groups in total. The van der Waals surface area contributed by atoms with E-state index in [1.165, 1.54) is 36.7 Å². The number of carbonyl (C=O) groups excluding carboxylic acids is 2. The molecular weight excluding hydrogens is 514 g/mol. The second-order valence-corrected chi connectivity index (χ2v) is 9.96. The summed E-state index contributed by atoms with van der Waals surface area (Å²) in [7, 11) is -3.90. The summed E-state index contributed by atoms with van der Waals surface area (Å²) in [5.74, 6) is -0.831. The lowest BCUT2D eigenvalue weighted by Gasteiger charge is -2.19. The third kappa shape index (κ3) is 6.90. The Morgan fingerprint density at radius 3 is 2.16 bits per heavy atom. The molecule has 1 aromatic heterocycles. The maximum Gasteiger partial charge on any atom is 0.264 e. The molecule has 3 aromatic carbocycles. The van der Waals surface area contributed by atoms with Crippen LogP contribution < -0.4 is 15.4 Å². The molecule has 0 spiro atoms. The molecule has 4 aromatic rings. The lowest BCUT2D eigenvalue weighted by Crippen LogP contribution is -2.31. The number of aromatic nitrogens is 2. The fourth-order valence-corrected chi connectivity index (χ4v) is 4.64. The number of hydrogen-bond donors (Lipinski definition) is 3. The molecule has 188 valence electrons. The van der Waals surface area contributed by atoms with Crippen molar-refractivity contribution >= 4 is 45.1 Å². The van der Waals surface area contributed by atoms with Crippen molar-refractivity contribution in [2.24, 2.45) is 0 Å². The van der Waals surface area contributed by atoms with Gasteiger partial charge in [-0.1, -0.05) is 54.1 Å². The lowest BCUT2D eigenvalue weighted by molar-refractivity contribution is -0.116. The second kappa shape index (κ2) is 11.6. The van der Waals surface area contributed by atoms with Gasteiger partial charge in [0, 0.05) is 18.1 Å². The fraction of sp³-hybridized carbons (Fsp3) is 0.0769. The molecule has 37 heavy (non-hydrogen) atoms.